The first-order chi connectivity index (χ1) is 8.45. The SMILES string of the molecule is CCN(C)C(=O)COc1ccc([C@@H](C)O)cc1F. The molecule has 0 unspecified atom stereocenters. The largest absolute Gasteiger partial charge is 0.481 e. The number of amides is 1. The van der Waals surface area contributed by atoms with E-state index in [1.165, 1.54) is 17.0 Å². The number of aliphatic hydroxyl groups is 1. The number of likely N-dealkylation sites (N-methyl/N-ethyl adjacent to an activating group) is 1. The molecule has 0 spiro atoms. The molecule has 100 valence electrons. The average Bonchev–Trinajstić information content (AvgIpc) is 2.35. The highest BCUT2D eigenvalue weighted by molar-refractivity contribution is 5.77. The first-order valence-electron chi connectivity index (χ1n) is 5.80. The Morgan fingerprint density at radius 2 is 2.22 bits per heavy atom. The lowest BCUT2D eigenvalue weighted by atomic mass is 10.1. The zero-order valence-electron chi connectivity index (χ0n) is 10.8. The first-order valence-corrected chi connectivity index (χ1v) is 5.80. The van der Waals surface area contributed by atoms with Crippen LogP contribution in [-0.2, 0) is 4.79 Å². The van der Waals surface area contributed by atoms with Crippen LogP contribution >= 0.6 is 0 Å². The van der Waals surface area contributed by atoms with E-state index >= 15 is 0 Å². The van der Waals surface area contributed by atoms with E-state index in [0.29, 0.717) is 12.1 Å². The van der Waals surface area contributed by atoms with Crippen LogP contribution < -0.4 is 4.74 Å². The highest BCUT2D eigenvalue weighted by atomic mass is 19.1. The number of ether oxygens (including phenoxy) is 1. The van der Waals surface area contributed by atoms with Gasteiger partial charge in [-0.25, -0.2) is 4.39 Å². The van der Waals surface area contributed by atoms with Gasteiger partial charge in [0.05, 0.1) is 6.10 Å². The van der Waals surface area contributed by atoms with Crippen molar-refractivity contribution in [3.05, 3.63) is 29.6 Å². The molecule has 1 N–H and O–H groups in total. The molecule has 0 aliphatic rings. The summed E-state index contributed by atoms with van der Waals surface area (Å²) in [4.78, 5) is 13.0. The van der Waals surface area contributed by atoms with Gasteiger partial charge in [-0.3, -0.25) is 4.79 Å². The van der Waals surface area contributed by atoms with Crippen LogP contribution in [0.3, 0.4) is 0 Å². The number of hydrogen-bond donors (Lipinski definition) is 1. The van der Waals surface area contributed by atoms with E-state index in [-0.39, 0.29) is 18.3 Å². The first kappa shape index (κ1) is 14.4. The molecule has 18 heavy (non-hydrogen) atoms. The average molecular weight is 255 g/mol. The summed E-state index contributed by atoms with van der Waals surface area (Å²) >= 11 is 0. The summed E-state index contributed by atoms with van der Waals surface area (Å²) in [6, 6.07) is 4.18. The minimum absolute atomic E-state index is 0.0113. The third kappa shape index (κ3) is 3.70. The van der Waals surface area contributed by atoms with Crippen LogP contribution in [0.25, 0.3) is 0 Å². The van der Waals surface area contributed by atoms with Crippen molar-refractivity contribution in [1.29, 1.82) is 0 Å². The predicted molar refractivity (Wildman–Crippen MR) is 65.8 cm³/mol. The third-order valence-electron chi connectivity index (χ3n) is 2.69. The fourth-order valence-corrected chi connectivity index (χ4v) is 1.32. The molecule has 1 aromatic rings. The van der Waals surface area contributed by atoms with Crippen molar-refractivity contribution in [2.45, 2.75) is 20.0 Å². The smallest absolute Gasteiger partial charge is 0.260 e. The lowest BCUT2D eigenvalue weighted by molar-refractivity contribution is -0.131. The number of benzene rings is 1. The third-order valence-corrected chi connectivity index (χ3v) is 2.69. The van der Waals surface area contributed by atoms with Gasteiger partial charge in [0.2, 0.25) is 0 Å². The summed E-state index contributed by atoms with van der Waals surface area (Å²) in [6.45, 7) is 3.77. The molecular formula is C13H18FNO3. The van der Waals surface area contributed by atoms with Gasteiger partial charge >= 0.3 is 0 Å². The molecule has 0 aromatic heterocycles. The fraction of sp³-hybridized carbons (Fsp3) is 0.462. The summed E-state index contributed by atoms with van der Waals surface area (Å²) in [5, 5.41) is 9.29. The number of hydrogen-bond acceptors (Lipinski definition) is 3. The van der Waals surface area contributed by atoms with Crippen molar-refractivity contribution in [1.82, 2.24) is 4.90 Å². The zero-order valence-corrected chi connectivity index (χ0v) is 10.8. The highest BCUT2D eigenvalue weighted by Crippen LogP contribution is 2.21. The molecule has 0 heterocycles. The number of carbonyl (C=O) groups is 1. The molecule has 0 bridgehead atoms. The summed E-state index contributed by atoms with van der Waals surface area (Å²) < 4.78 is 18.7. The molecule has 1 rings (SSSR count). The van der Waals surface area contributed by atoms with E-state index in [0.717, 1.165) is 0 Å². The second-order valence-corrected chi connectivity index (χ2v) is 4.06. The van der Waals surface area contributed by atoms with E-state index < -0.39 is 11.9 Å². The number of aliphatic hydroxyl groups excluding tert-OH is 1. The molecule has 1 amide bonds. The molecular weight excluding hydrogens is 237 g/mol. The molecule has 0 radical (unpaired) electrons. The van der Waals surface area contributed by atoms with Crippen molar-refractivity contribution in [2.75, 3.05) is 20.2 Å². The van der Waals surface area contributed by atoms with Gasteiger partial charge in [0, 0.05) is 13.6 Å². The van der Waals surface area contributed by atoms with E-state index in [1.54, 1.807) is 20.0 Å². The Labute approximate surface area is 106 Å². The molecule has 0 aliphatic carbocycles. The van der Waals surface area contributed by atoms with Gasteiger partial charge in [-0.1, -0.05) is 6.07 Å². The Morgan fingerprint density at radius 3 is 2.72 bits per heavy atom. The molecule has 0 aliphatic heterocycles. The molecule has 4 nitrogen and oxygen atoms in total. The lowest BCUT2D eigenvalue weighted by Crippen LogP contribution is -2.31. The highest BCUT2D eigenvalue weighted by Gasteiger charge is 2.11. The summed E-state index contributed by atoms with van der Waals surface area (Å²) in [7, 11) is 1.65. The molecule has 0 saturated carbocycles. The summed E-state index contributed by atoms with van der Waals surface area (Å²) in [5.74, 6) is -0.783. The Bertz CT molecular complexity index is 421. The van der Waals surface area contributed by atoms with Crippen molar-refractivity contribution in [3.63, 3.8) is 0 Å². The van der Waals surface area contributed by atoms with Crippen LogP contribution in [-0.4, -0.2) is 36.1 Å². The minimum Gasteiger partial charge on any atom is -0.481 e. The van der Waals surface area contributed by atoms with Gasteiger partial charge in [0.25, 0.3) is 5.91 Å². The monoisotopic (exact) mass is 255 g/mol. The van der Waals surface area contributed by atoms with Crippen LogP contribution in [0, 0.1) is 5.82 Å². The van der Waals surface area contributed by atoms with Crippen molar-refractivity contribution >= 4 is 5.91 Å². The number of carbonyl (C=O) groups excluding carboxylic acids is 1. The standard InChI is InChI=1S/C13H18FNO3/c1-4-15(3)13(17)8-18-12-6-5-10(9(2)16)7-11(12)14/h5-7,9,16H,4,8H2,1-3H3/t9-/m1/s1. The predicted octanol–water partition coefficient (Wildman–Crippen LogP) is 1.74. The maximum Gasteiger partial charge on any atom is 0.260 e. The quantitative estimate of drug-likeness (QED) is 0.871. The number of rotatable bonds is 5. The van der Waals surface area contributed by atoms with Gasteiger partial charge in [-0.2, -0.15) is 0 Å². The van der Waals surface area contributed by atoms with Crippen LogP contribution in [0.2, 0.25) is 0 Å². The van der Waals surface area contributed by atoms with E-state index in [2.05, 4.69) is 0 Å². The number of halogens is 1. The molecule has 5 heteroatoms. The van der Waals surface area contributed by atoms with E-state index in [1.807, 2.05) is 6.92 Å². The van der Waals surface area contributed by atoms with Gasteiger partial charge in [-0.15, -0.1) is 0 Å². The van der Waals surface area contributed by atoms with Gasteiger partial charge in [-0.05, 0) is 31.5 Å². The van der Waals surface area contributed by atoms with Crippen molar-refractivity contribution in [2.24, 2.45) is 0 Å². The van der Waals surface area contributed by atoms with Crippen LogP contribution in [0.4, 0.5) is 4.39 Å². The van der Waals surface area contributed by atoms with Crippen molar-refractivity contribution in [3.8, 4) is 5.75 Å². The Morgan fingerprint density at radius 1 is 1.56 bits per heavy atom. The second-order valence-electron chi connectivity index (χ2n) is 4.06. The van der Waals surface area contributed by atoms with E-state index in [9.17, 15) is 14.3 Å². The zero-order chi connectivity index (χ0) is 13.7. The number of nitrogens with zero attached hydrogens (tertiary/aromatic N) is 1. The Kier molecular flexibility index (Phi) is 5.09. The van der Waals surface area contributed by atoms with Gasteiger partial charge in [0.15, 0.2) is 18.2 Å². The van der Waals surface area contributed by atoms with Crippen LogP contribution in [0.15, 0.2) is 18.2 Å². The molecule has 0 saturated heterocycles. The molecule has 0 fully saturated rings. The molecule has 1 atom stereocenters. The van der Waals surface area contributed by atoms with Crippen LogP contribution in [0.1, 0.15) is 25.5 Å². The maximum absolute atomic E-state index is 13.6. The summed E-state index contributed by atoms with van der Waals surface area (Å²) in [6.07, 6.45) is -0.735. The lowest BCUT2D eigenvalue weighted by Gasteiger charge is -2.15. The van der Waals surface area contributed by atoms with Crippen molar-refractivity contribution < 1.29 is 19.0 Å². The van der Waals surface area contributed by atoms with Crippen LogP contribution in [0.5, 0.6) is 5.75 Å². The summed E-state index contributed by atoms with van der Waals surface area (Å²) in [5.41, 5.74) is 0.469. The maximum atomic E-state index is 13.6. The molecule has 1 aromatic carbocycles. The topological polar surface area (TPSA) is 49.8 Å². The normalized spacial score (nSPS) is 12.1. The van der Waals surface area contributed by atoms with Gasteiger partial charge in [0.1, 0.15) is 0 Å². The fourth-order valence-electron chi connectivity index (χ4n) is 1.32. The van der Waals surface area contributed by atoms with E-state index in [4.69, 9.17) is 4.74 Å². The second kappa shape index (κ2) is 6.35. The Hall–Kier alpha value is -1.62. The Balaban J connectivity index is 2.66. The minimum atomic E-state index is -0.735. The van der Waals surface area contributed by atoms with Gasteiger partial charge < -0.3 is 14.7 Å².